The van der Waals surface area contributed by atoms with Crippen LogP contribution >= 0.6 is 0 Å². The van der Waals surface area contributed by atoms with Crippen molar-refractivity contribution < 1.29 is 14.3 Å². The number of Topliss-reactive ketones (excluding diaryl/α,β-unsaturated/α-hetero) is 1. The summed E-state index contributed by atoms with van der Waals surface area (Å²) in [5.74, 6) is 1.18. The quantitative estimate of drug-likeness (QED) is 0.759. The van der Waals surface area contributed by atoms with Crippen molar-refractivity contribution in [2.75, 3.05) is 14.2 Å². The van der Waals surface area contributed by atoms with E-state index in [1.807, 2.05) is 31.2 Å². The molecule has 0 bridgehead atoms. The molecule has 2 aromatic rings. The summed E-state index contributed by atoms with van der Waals surface area (Å²) in [6.45, 7) is 2.56. The third kappa shape index (κ3) is 2.66. The molecule has 0 aliphatic rings. The van der Waals surface area contributed by atoms with Gasteiger partial charge in [0.15, 0.2) is 11.5 Å². The van der Waals surface area contributed by atoms with Gasteiger partial charge in [0.25, 0.3) is 0 Å². The van der Waals surface area contributed by atoms with E-state index in [1.165, 1.54) is 7.11 Å². The third-order valence-electron chi connectivity index (χ3n) is 3.13. The van der Waals surface area contributed by atoms with Crippen molar-refractivity contribution in [3.05, 3.63) is 41.7 Å². The van der Waals surface area contributed by atoms with E-state index >= 15 is 0 Å². The molecule has 20 heavy (non-hydrogen) atoms. The molecule has 0 amide bonds. The summed E-state index contributed by atoms with van der Waals surface area (Å²) in [4.78, 5) is 12.5. The van der Waals surface area contributed by atoms with Crippen LogP contribution in [0, 0.1) is 0 Å². The summed E-state index contributed by atoms with van der Waals surface area (Å²) in [5, 5.41) is 4.15. The van der Waals surface area contributed by atoms with Gasteiger partial charge in [0, 0.05) is 18.5 Å². The van der Waals surface area contributed by atoms with E-state index in [4.69, 9.17) is 9.47 Å². The number of hydrogen-bond donors (Lipinski definition) is 0. The third-order valence-corrected chi connectivity index (χ3v) is 3.13. The Morgan fingerprint density at radius 1 is 1.20 bits per heavy atom. The minimum Gasteiger partial charge on any atom is -0.496 e. The standard InChI is InChI=1S/C15H18N2O3/c1-4-17-15(14(20-3)10-16-17)12(18)9-11-7-5-6-8-13(11)19-2/h5-8,10H,4,9H2,1-3H3. The number of carbonyl (C=O) groups is 1. The minimum absolute atomic E-state index is 0.0364. The Labute approximate surface area is 118 Å². The lowest BCUT2D eigenvalue weighted by Gasteiger charge is -2.09. The smallest absolute Gasteiger partial charge is 0.189 e. The van der Waals surface area contributed by atoms with Crippen LogP contribution in [0.1, 0.15) is 23.0 Å². The van der Waals surface area contributed by atoms with E-state index in [0.717, 1.165) is 5.56 Å². The van der Waals surface area contributed by atoms with Crippen molar-refractivity contribution in [1.82, 2.24) is 9.78 Å². The van der Waals surface area contributed by atoms with Crippen LogP contribution in [0.25, 0.3) is 0 Å². The van der Waals surface area contributed by atoms with E-state index < -0.39 is 0 Å². The molecule has 2 rings (SSSR count). The number of hydrogen-bond acceptors (Lipinski definition) is 4. The molecule has 0 radical (unpaired) electrons. The SMILES string of the molecule is CCn1ncc(OC)c1C(=O)Cc1ccccc1OC. The van der Waals surface area contributed by atoms with Gasteiger partial charge in [0.2, 0.25) is 0 Å². The fraction of sp³-hybridized carbons (Fsp3) is 0.333. The molecule has 106 valence electrons. The zero-order valence-corrected chi connectivity index (χ0v) is 11.9. The second-order valence-electron chi connectivity index (χ2n) is 4.29. The zero-order chi connectivity index (χ0) is 14.5. The first-order valence-electron chi connectivity index (χ1n) is 6.46. The molecule has 0 unspecified atom stereocenters. The van der Waals surface area contributed by atoms with Gasteiger partial charge in [-0.2, -0.15) is 5.10 Å². The maximum absolute atomic E-state index is 12.5. The molecule has 5 nitrogen and oxygen atoms in total. The van der Waals surface area contributed by atoms with Crippen LogP contribution in [-0.2, 0) is 13.0 Å². The van der Waals surface area contributed by atoms with E-state index in [9.17, 15) is 4.79 Å². The molecule has 0 atom stereocenters. The lowest BCUT2D eigenvalue weighted by molar-refractivity contribution is 0.0978. The van der Waals surface area contributed by atoms with Crippen molar-refractivity contribution in [3.8, 4) is 11.5 Å². The van der Waals surface area contributed by atoms with Crippen molar-refractivity contribution in [2.45, 2.75) is 19.9 Å². The highest BCUT2D eigenvalue weighted by Crippen LogP contribution is 2.23. The Balaban J connectivity index is 2.30. The number of rotatable bonds is 6. The number of benzene rings is 1. The van der Waals surface area contributed by atoms with E-state index in [0.29, 0.717) is 23.7 Å². The average Bonchev–Trinajstić information content (AvgIpc) is 2.90. The van der Waals surface area contributed by atoms with Crippen LogP contribution in [0.4, 0.5) is 0 Å². The number of methoxy groups -OCH3 is 2. The van der Waals surface area contributed by atoms with Crippen LogP contribution in [-0.4, -0.2) is 29.8 Å². The average molecular weight is 274 g/mol. The number of aryl methyl sites for hydroxylation is 1. The van der Waals surface area contributed by atoms with Gasteiger partial charge in [0.05, 0.1) is 20.4 Å². The predicted octanol–water partition coefficient (Wildman–Crippen LogP) is 2.35. The number of para-hydroxylation sites is 1. The van der Waals surface area contributed by atoms with Gasteiger partial charge < -0.3 is 9.47 Å². The van der Waals surface area contributed by atoms with Crippen LogP contribution in [0.5, 0.6) is 11.5 Å². The molecule has 5 heteroatoms. The zero-order valence-electron chi connectivity index (χ0n) is 11.9. The summed E-state index contributed by atoms with van der Waals surface area (Å²) in [5.41, 5.74) is 1.35. The summed E-state index contributed by atoms with van der Waals surface area (Å²) in [7, 11) is 3.14. The molecule has 1 aromatic heterocycles. The predicted molar refractivity (Wildman–Crippen MR) is 75.5 cm³/mol. The first kappa shape index (κ1) is 14.1. The molecule has 0 spiro atoms. The van der Waals surface area contributed by atoms with Crippen LogP contribution in [0.2, 0.25) is 0 Å². The Kier molecular flexibility index (Phi) is 4.40. The number of ether oxygens (including phenoxy) is 2. The fourth-order valence-corrected chi connectivity index (χ4v) is 2.14. The molecule has 1 heterocycles. The van der Waals surface area contributed by atoms with E-state index in [-0.39, 0.29) is 12.2 Å². The number of ketones is 1. The number of aromatic nitrogens is 2. The van der Waals surface area contributed by atoms with E-state index in [1.54, 1.807) is 18.0 Å². The second-order valence-corrected chi connectivity index (χ2v) is 4.29. The monoisotopic (exact) mass is 274 g/mol. The molecule has 0 saturated carbocycles. The number of nitrogens with zero attached hydrogens (tertiary/aromatic N) is 2. The first-order valence-corrected chi connectivity index (χ1v) is 6.46. The lowest BCUT2D eigenvalue weighted by Crippen LogP contribution is -2.13. The molecule has 0 N–H and O–H groups in total. The fourth-order valence-electron chi connectivity index (χ4n) is 2.14. The summed E-state index contributed by atoms with van der Waals surface area (Å²) >= 11 is 0. The number of carbonyl (C=O) groups excluding carboxylic acids is 1. The van der Waals surface area contributed by atoms with Crippen molar-refractivity contribution in [2.24, 2.45) is 0 Å². The molecular weight excluding hydrogens is 256 g/mol. The first-order chi connectivity index (χ1) is 9.71. The Morgan fingerprint density at radius 2 is 1.90 bits per heavy atom. The summed E-state index contributed by atoms with van der Waals surface area (Å²) in [6.07, 6.45) is 1.82. The molecule has 0 aliphatic carbocycles. The van der Waals surface area contributed by atoms with Crippen LogP contribution in [0.15, 0.2) is 30.5 Å². The molecule has 0 saturated heterocycles. The molecule has 1 aromatic carbocycles. The van der Waals surface area contributed by atoms with Gasteiger partial charge in [0.1, 0.15) is 11.4 Å². The lowest BCUT2D eigenvalue weighted by atomic mass is 10.1. The summed E-state index contributed by atoms with van der Waals surface area (Å²) in [6, 6.07) is 7.50. The van der Waals surface area contributed by atoms with Gasteiger partial charge in [-0.05, 0) is 13.0 Å². The summed E-state index contributed by atoms with van der Waals surface area (Å²) < 4.78 is 12.1. The van der Waals surface area contributed by atoms with Gasteiger partial charge in [-0.25, -0.2) is 0 Å². The van der Waals surface area contributed by atoms with Crippen molar-refractivity contribution >= 4 is 5.78 Å². The Bertz CT molecular complexity index is 583. The minimum atomic E-state index is -0.0364. The normalized spacial score (nSPS) is 10.3. The highest BCUT2D eigenvalue weighted by atomic mass is 16.5. The largest absolute Gasteiger partial charge is 0.496 e. The van der Waals surface area contributed by atoms with Crippen molar-refractivity contribution in [1.29, 1.82) is 0 Å². The molecular formula is C15H18N2O3. The highest BCUT2D eigenvalue weighted by Gasteiger charge is 2.20. The highest BCUT2D eigenvalue weighted by molar-refractivity contribution is 5.98. The van der Waals surface area contributed by atoms with Gasteiger partial charge in [-0.3, -0.25) is 9.48 Å². The maximum atomic E-state index is 12.5. The topological polar surface area (TPSA) is 53.4 Å². The Hall–Kier alpha value is -2.30. The maximum Gasteiger partial charge on any atom is 0.189 e. The van der Waals surface area contributed by atoms with Gasteiger partial charge in [-0.15, -0.1) is 0 Å². The Morgan fingerprint density at radius 3 is 2.55 bits per heavy atom. The van der Waals surface area contributed by atoms with Crippen molar-refractivity contribution in [3.63, 3.8) is 0 Å². The van der Waals surface area contributed by atoms with Crippen LogP contribution in [0.3, 0.4) is 0 Å². The van der Waals surface area contributed by atoms with Gasteiger partial charge >= 0.3 is 0 Å². The van der Waals surface area contributed by atoms with Gasteiger partial charge in [-0.1, -0.05) is 18.2 Å². The molecule has 0 aliphatic heterocycles. The van der Waals surface area contributed by atoms with E-state index in [2.05, 4.69) is 5.10 Å². The second kappa shape index (κ2) is 6.23. The molecule has 0 fully saturated rings. The van der Waals surface area contributed by atoms with Crippen LogP contribution < -0.4 is 9.47 Å².